The maximum Gasteiger partial charge on any atom is 0.140 e. The summed E-state index contributed by atoms with van der Waals surface area (Å²) in [5.41, 5.74) is 8.59. The maximum absolute atomic E-state index is 9.35. The molecule has 0 amide bonds. The SMILES string of the molecule is Nc1ccc(Cn2ccnc2-c2ccc(O)cc2)cc1. The molecule has 1 heterocycles. The zero-order valence-corrected chi connectivity index (χ0v) is 10.9. The Kier molecular flexibility index (Phi) is 3.13. The van der Waals surface area contributed by atoms with E-state index in [9.17, 15) is 5.11 Å². The zero-order valence-electron chi connectivity index (χ0n) is 10.9. The Morgan fingerprint density at radius 2 is 1.70 bits per heavy atom. The molecule has 0 spiro atoms. The topological polar surface area (TPSA) is 64.1 Å². The van der Waals surface area contributed by atoms with Crippen LogP contribution in [0.25, 0.3) is 11.4 Å². The second kappa shape index (κ2) is 5.09. The van der Waals surface area contributed by atoms with Crippen molar-refractivity contribution in [3.63, 3.8) is 0 Å². The highest BCUT2D eigenvalue weighted by Crippen LogP contribution is 2.21. The molecule has 0 saturated carbocycles. The summed E-state index contributed by atoms with van der Waals surface area (Å²) < 4.78 is 2.07. The van der Waals surface area contributed by atoms with E-state index in [-0.39, 0.29) is 5.75 Å². The molecule has 4 nitrogen and oxygen atoms in total. The summed E-state index contributed by atoms with van der Waals surface area (Å²) in [6.45, 7) is 0.733. The largest absolute Gasteiger partial charge is 0.508 e. The van der Waals surface area contributed by atoms with Gasteiger partial charge in [-0.3, -0.25) is 0 Å². The summed E-state index contributed by atoms with van der Waals surface area (Å²) in [7, 11) is 0. The van der Waals surface area contributed by atoms with E-state index in [0.717, 1.165) is 29.2 Å². The third kappa shape index (κ3) is 2.49. The number of imidazole rings is 1. The average Bonchev–Trinajstić information content (AvgIpc) is 2.90. The molecule has 0 atom stereocenters. The molecule has 4 heteroatoms. The molecular formula is C16H15N3O. The second-order valence-electron chi connectivity index (χ2n) is 4.67. The van der Waals surface area contributed by atoms with Crippen LogP contribution >= 0.6 is 0 Å². The Bertz CT molecular complexity index is 699. The minimum absolute atomic E-state index is 0.255. The number of aromatic hydroxyl groups is 1. The van der Waals surface area contributed by atoms with E-state index in [1.807, 2.05) is 42.6 Å². The summed E-state index contributed by atoms with van der Waals surface area (Å²) in [5.74, 6) is 1.13. The summed E-state index contributed by atoms with van der Waals surface area (Å²) in [4.78, 5) is 4.39. The standard InChI is InChI=1S/C16H15N3O/c17-14-5-1-12(2-6-14)11-19-10-9-18-16(19)13-3-7-15(20)8-4-13/h1-10,20H,11,17H2. The van der Waals surface area contributed by atoms with E-state index in [4.69, 9.17) is 5.73 Å². The number of anilines is 1. The first-order valence-corrected chi connectivity index (χ1v) is 6.37. The average molecular weight is 265 g/mol. The molecule has 20 heavy (non-hydrogen) atoms. The van der Waals surface area contributed by atoms with Gasteiger partial charge in [-0.1, -0.05) is 12.1 Å². The van der Waals surface area contributed by atoms with Crippen molar-refractivity contribution in [3.8, 4) is 17.1 Å². The number of hydrogen-bond acceptors (Lipinski definition) is 3. The van der Waals surface area contributed by atoms with Crippen molar-refractivity contribution in [1.82, 2.24) is 9.55 Å². The molecule has 3 N–H and O–H groups in total. The van der Waals surface area contributed by atoms with Gasteiger partial charge in [0.1, 0.15) is 11.6 Å². The van der Waals surface area contributed by atoms with Crippen LogP contribution in [0.3, 0.4) is 0 Å². The predicted octanol–water partition coefficient (Wildman–Crippen LogP) is 2.89. The molecule has 0 fully saturated rings. The van der Waals surface area contributed by atoms with E-state index >= 15 is 0 Å². The van der Waals surface area contributed by atoms with Crippen LogP contribution in [-0.4, -0.2) is 14.7 Å². The summed E-state index contributed by atoms with van der Waals surface area (Å²) in [5, 5.41) is 9.35. The van der Waals surface area contributed by atoms with Crippen molar-refractivity contribution in [1.29, 1.82) is 0 Å². The van der Waals surface area contributed by atoms with Gasteiger partial charge in [0.2, 0.25) is 0 Å². The zero-order chi connectivity index (χ0) is 13.9. The van der Waals surface area contributed by atoms with Gasteiger partial charge in [-0.25, -0.2) is 4.98 Å². The minimum Gasteiger partial charge on any atom is -0.508 e. The van der Waals surface area contributed by atoms with Crippen molar-refractivity contribution < 1.29 is 5.11 Å². The third-order valence-electron chi connectivity index (χ3n) is 3.17. The lowest BCUT2D eigenvalue weighted by Crippen LogP contribution is -2.01. The molecule has 0 bridgehead atoms. The molecule has 1 aromatic heterocycles. The van der Waals surface area contributed by atoms with Gasteiger partial charge < -0.3 is 15.4 Å². The Morgan fingerprint density at radius 1 is 1.00 bits per heavy atom. The summed E-state index contributed by atoms with van der Waals surface area (Å²) in [6, 6.07) is 14.9. The molecular weight excluding hydrogens is 250 g/mol. The van der Waals surface area contributed by atoms with Gasteiger partial charge >= 0.3 is 0 Å². The van der Waals surface area contributed by atoms with Gasteiger partial charge in [0.15, 0.2) is 0 Å². The van der Waals surface area contributed by atoms with Crippen LogP contribution in [0, 0.1) is 0 Å². The molecule has 100 valence electrons. The summed E-state index contributed by atoms with van der Waals surface area (Å²) >= 11 is 0. The van der Waals surface area contributed by atoms with E-state index in [0.29, 0.717) is 0 Å². The van der Waals surface area contributed by atoms with Crippen molar-refractivity contribution in [2.75, 3.05) is 5.73 Å². The van der Waals surface area contributed by atoms with Crippen LogP contribution in [0.15, 0.2) is 60.9 Å². The Balaban J connectivity index is 1.90. The molecule has 0 saturated heterocycles. The van der Waals surface area contributed by atoms with Crippen molar-refractivity contribution in [2.24, 2.45) is 0 Å². The first-order chi connectivity index (χ1) is 9.72. The van der Waals surface area contributed by atoms with Gasteiger partial charge in [0.25, 0.3) is 0 Å². The fourth-order valence-corrected chi connectivity index (χ4v) is 2.13. The molecule has 0 aliphatic heterocycles. The molecule has 0 radical (unpaired) electrons. The van der Waals surface area contributed by atoms with Gasteiger partial charge in [0.05, 0.1) is 0 Å². The van der Waals surface area contributed by atoms with Crippen molar-refractivity contribution in [2.45, 2.75) is 6.54 Å². The highest BCUT2D eigenvalue weighted by molar-refractivity contribution is 5.57. The van der Waals surface area contributed by atoms with Crippen molar-refractivity contribution >= 4 is 5.69 Å². The number of aromatic nitrogens is 2. The number of nitrogens with zero attached hydrogens (tertiary/aromatic N) is 2. The fraction of sp³-hybridized carbons (Fsp3) is 0.0625. The quantitative estimate of drug-likeness (QED) is 0.716. The molecule has 0 unspecified atom stereocenters. The van der Waals surface area contributed by atoms with E-state index in [1.165, 1.54) is 0 Å². The second-order valence-corrected chi connectivity index (χ2v) is 4.67. The fourth-order valence-electron chi connectivity index (χ4n) is 2.13. The molecule has 0 aliphatic rings. The van der Waals surface area contributed by atoms with E-state index < -0.39 is 0 Å². The molecule has 2 aromatic carbocycles. The highest BCUT2D eigenvalue weighted by atomic mass is 16.3. The van der Waals surface area contributed by atoms with E-state index in [1.54, 1.807) is 18.3 Å². The normalized spacial score (nSPS) is 10.6. The smallest absolute Gasteiger partial charge is 0.140 e. The predicted molar refractivity (Wildman–Crippen MR) is 79.3 cm³/mol. The monoisotopic (exact) mass is 265 g/mol. The summed E-state index contributed by atoms with van der Waals surface area (Å²) in [6.07, 6.45) is 3.72. The molecule has 0 aliphatic carbocycles. The van der Waals surface area contributed by atoms with Gasteiger partial charge in [0, 0.05) is 30.2 Å². The Morgan fingerprint density at radius 3 is 2.40 bits per heavy atom. The number of nitrogen functional groups attached to an aromatic ring is 1. The molecule has 3 rings (SSSR count). The third-order valence-corrected chi connectivity index (χ3v) is 3.17. The molecule has 3 aromatic rings. The van der Waals surface area contributed by atoms with Gasteiger partial charge in [-0.2, -0.15) is 0 Å². The Labute approximate surface area is 117 Å². The van der Waals surface area contributed by atoms with Crippen LogP contribution in [0.1, 0.15) is 5.56 Å². The van der Waals surface area contributed by atoms with Gasteiger partial charge in [-0.15, -0.1) is 0 Å². The minimum atomic E-state index is 0.255. The lowest BCUT2D eigenvalue weighted by molar-refractivity contribution is 0.475. The van der Waals surface area contributed by atoms with Crippen LogP contribution < -0.4 is 5.73 Å². The van der Waals surface area contributed by atoms with Crippen LogP contribution in [-0.2, 0) is 6.54 Å². The highest BCUT2D eigenvalue weighted by Gasteiger charge is 2.06. The Hall–Kier alpha value is -2.75. The van der Waals surface area contributed by atoms with Crippen LogP contribution in [0.2, 0.25) is 0 Å². The lowest BCUT2D eigenvalue weighted by Gasteiger charge is -2.08. The number of phenols is 1. The van der Waals surface area contributed by atoms with Crippen LogP contribution in [0.5, 0.6) is 5.75 Å². The first-order valence-electron chi connectivity index (χ1n) is 6.37. The number of nitrogens with two attached hydrogens (primary N) is 1. The van der Waals surface area contributed by atoms with Crippen LogP contribution in [0.4, 0.5) is 5.69 Å². The maximum atomic E-state index is 9.35. The number of rotatable bonds is 3. The van der Waals surface area contributed by atoms with E-state index in [2.05, 4.69) is 9.55 Å². The van der Waals surface area contributed by atoms with Gasteiger partial charge in [-0.05, 0) is 42.0 Å². The van der Waals surface area contributed by atoms with Crippen molar-refractivity contribution in [3.05, 3.63) is 66.5 Å². The number of hydrogen-bond donors (Lipinski definition) is 2. The number of benzene rings is 2. The first kappa shape index (κ1) is 12.3. The number of phenolic OH excluding ortho intramolecular Hbond substituents is 1. The lowest BCUT2D eigenvalue weighted by atomic mass is 10.2.